The lowest BCUT2D eigenvalue weighted by atomic mass is 10.2. The summed E-state index contributed by atoms with van der Waals surface area (Å²) in [5.41, 5.74) is 1.78. The van der Waals surface area contributed by atoms with Gasteiger partial charge in [-0.25, -0.2) is 13.7 Å². The fourth-order valence-electron chi connectivity index (χ4n) is 2.93. The first-order valence-electron chi connectivity index (χ1n) is 9.02. The Hall–Kier alpha value is -3.62. The van der Waals surface area contributed by atoms with Crippen molar-refractivity contribution < 1.29 is 23.3 Å². The highest BCUT2D eigenvalue weighted by molar-refractivity contribution is 7.92. The molecule has 0 saturated carbocycles. The summed E-state index contributed by atoms with van der Waals surface area (Å²) in [6, 6.07) is 19.8. The van der Waals surface area contributed by atoms with Crippen LogP contribution in [0.3, 0.4) is 0 Å². The smallest absolute Gasteiger partial charge is 0.261 e. The van der Waals surface area contributed by atoms with E-state index in [1.54, 1.807) is 72.9 Å². The number of hydrogen-bond acceptors (Lipinski definition) is 6. The molecule has 0 unspecified atom stereocenters. The van der Waals surface area contributed by atoms with Gasteiger partial charge in [-0.2, -0.15) is 0 Å². The number of nitrogens with zero attached hydrogens (tertiary/aromatic N) is 1. The van der Waals surface area contributed by atoms with E-state index in [1.165, 1.54) is 0 Å². The van der Waals surface area contributed by atoms with Gasteiger partial charge in [0.2, 0.25) is 0 Å². The van der Waals surface area contributed by atoms with Gasteiger partial charge in [0.05, 0.1) is 16.1 Å². The van der Waals surface area contributed by atoms with Crippen molar-refractivity contribution >= 4 is 26.6 Å². The molecule has 4 aromatic rings. The van der Waals surface area contributed by atoms with Crippen LogP contribution in [0.15, 0.2) is 83.9 Å². The Labute approximate surface area is 173 Å². The molecule has 2 N–H and O–H groups in total. The van der Waals surface area contributed by atoms with Crippen molar-refractivity contribution in [2.45, 2.75) is 11.8 Å². The van der Waals surface area contributed by atoms with Gasteiger partial charge in [0.25, 0.3) is 10.0 Å². The summed E-state index contributed by atoms with van der Waals surface area (Å²) in [5, 5.41) is 9.39. The third-order valence-corrected chi connectivity index (χ3v) is 5.80. The van der Waals surface area contributed by atoms with E-state index in [0.717, 1.165) is 5.56 Å². The van der Waals surface area contributed by atoms with Crippen LogP contribution >= 0.6 is 0 Å². The van der Waals surface area contributed by atoms with Crippen LogP contribution in [0, 0.1) is 6.92 Å². The van der Waals surface area contributed by atoms with Gasteiger partial charge in [-0.05, 0) is 55.5 Å². The van der Waals surface area contributed by atoms with E-state index < -0.39 is 10.0 Å². The molecule has 3 aromatic carbocycles. The summed E-state index contributed by atoms with van der Waals surface area (Å²) in [6.07, 6.45) is 1.60. The lowest BCUT2D eigenvalue weighted by molar-refractivity contribution is -0.137. The van der Waals surface area contributed by atoms with Crippen molar-refractivity contribution in [3.8, 4) is 17.2 Å². The average molecular weight is 422 g/mol. The molecule has 7 nitrogen and oxygen atoms in total. The van der Waals surface area contributed by atoms with Crippen LogP contribution < -0.4 is 14.3 Å². The molecular formula is C22H18N2O5S. The molecule has 4 rings (SSSR count). The van der Waals surface area contributed by atoms with E-state index in [-0.39, 0.29) is 10.6 Å². The second-order valence-electron chi connectivity index (χ2n) is 6.63. The van der Waals surface area contributed by atoms with Crippen LogP contribution in [-0.4, -0.2) is 18.7 Å². The van der Waals surface area contributed by atoms with Crippen molar-refractivity contribution in [2.75, 3.05) is 4.72 Å². The molecule has 0 bridgehead atoms. The van der Waals surface area contributed by atoms with Crippen LogP contribution in [-0.2, 0) is 10.0 Å². The molecule has 8 heteroatoms. The molecule has 30 heavy (non-hydrogen) atoms. The molecule has 0 aliphatic rings. The predicted octanol–water partition coefficient (Wildman–Crippen LogP) is 4.99. The number of rotatable bonds is 6. The van der Waals surface area contributed by atoms with Crippen molar-refractivity contribution in [3.63, 3.8) is 0 Å². The summed E-state index contributed by atoms with van der Waals surface area (Å²) in [6.45, 7) is 1.89. The first kappa shape index (κ1) is 19.7. The topological polar surface area (TPSA) is 97.8 Å². The molecule has 1 heterocycles. The lowest BCUT2D eigenvalue weighted by Crippen LogP contribution is -2.13. The Morgan fingerprint density at radius 2 is 1.60 bits per heavy atom. The maximum atomic E-state index is 12.9. The van der Waals surface area contributed by atoms with Crippen LogP contribution in [0.2, 0.25) is 0 Å². The van der Waals surface area contributed by atoms with E-state index in [1.807, 2.05) is 13.0 Å². The van der Waals surface area contributed by atoms with Gasteiger partial charge in [0.15, 0.2) is 5.75 Å². The number of aromatic nitrogens is 1. The lowest BCUT2D eigenvalue weighted by Gasteiger charge is -2.13. The monoisotopic (exact) mass is 422 g/mol. The Morgan fingerprint density at radius 3 is 2.30 bits per heavy atom. The zero-order chi connectivity index (χ0) is 21.1. The van der Waals surface area contributed by atoms with Gasteiger partial charge in [-0.15, -0.1) is 0 Å². The highest BCUT2D eigenvalue weighted by Crippen LogP contribution is 2.32. The van der Waals surface area contributed by atoms with Crippen molar-refractivity contribution in [2.24, 2.45) is 0 Å². The van der Waals surface area contributed by atoms with Gasteiger partial charge in [0, 0.05) is 17.6 Å². The number of sulfonamides is 1. The van der Waals surface area contributed by atoms with E-state index in [0.29, 0.717) is 28.1 Å². The molecule has 0 saturated heterocycles. The number of benzene rings is 3. The number of ether oxygens (including phenoxy) is 1. The molecule has 152 valence electrons. The van der Waals surface area contributed by atoms with Crippen LogP contribution in [0.4, 0.5) is 5.69 Å². The number of nitrogens with one attached hydrogen (secondary N) is 1. The van der Waals surface area contributed by atoms with Gasteiger partial charge >= 0.3 is 0 Å². The van der Waals surface area contributed by atoms with Gasteiger partial charge in [0.1, 0.15) is 11.5 Å². The van der Waals surface area contributed by atoms with E-state index >= 15 is 0 Å². The molecule has 0 amide bonds. The highest BCUT2D eigenvalue weighted by atomic mass is 32.2. The van der Waals surface area contributed by atoms with E-state index in [9.17, 15) is 8.42 Å². The highest BCUT2D eigenvalue weighted by Gasteiger charge is 2.17. The number of anilines is 1. The Morgan fingerprint density at radius 1 is 0.900 bits per heavy atom. The number of pyridine rings is 1. The minimum absolute atomic E-state index is 0.156. The molecular weight excluding hydrogens is 404 g/mol. The van der Waals surface area contributed by atoms with Crippen molar-refractivity contribution in [1.29, 1.82) is 0 Å². The van der Waals surface area contributed by atoms with Crippen LogP contribution in [0.25, 0.3) is 10.9 Å². The zero-order valence-electron chi connectivity index (χ0n) is 15.9. The molecule has 0 radical (unpaired) electrons. The minimum atomic E-state index is -3.81. The summed E-state index contributed by atoms with van der Waals surface area (Å²) in [4.78, 5) is 8.63. The van der Waals surface area contributed by atoms with Crippen LogP contribution in [0.5, 0.6) is 17.2 Å². The molecule has 0 fully saturated rings. The number of aryl methyl sites for hydroxylation is 1. The first-order chi connectivity index (χ1) is 14.4. The number of fused-ring (bicyclic) bond motifs is 1. The first-order valence-corrected chi connectivity index (χ1v) is 10.5. The van der Waals surface area contributed by atoms with Crippen molar-refractivity contribution in [1.82, 2.24) is 4.98 Å². The van der Waals surface area contributed by atoms with Crippen molar-refractivity contribution in [3.05, 3.63) is 84.6 Å². The quantitative estimate of drug-likeness (QED) is 0.336. The average Bonchev–Trinajstić information content (AvgIpc) is 2.74. The fourth-order valence-corrected chi connectivity index (χ4v) is 3.98. The molecule has 1 aromatic heterocycles. The summed E-state index contributed by atoms with van der Waals surface area (Å²) in [5.74, 6) is 1.19. The second-order valence-corrected chi connectivity index (χ2v) is 8.31. The standard InChI is InChI=1S/C22H18N2O5S/c1-15-4-10-20(11-5-15)30(26,27)24-21-14-19(13-16-3-2-12-23-22(16)21)28-17-6-8-18(29-25)9-7-17/h2-14,24-25H,1H3. The third kappa shape index (κ3) is 4.19. The molecule has 0 aliphatic heterocycles. The summed E-state index contributed by atoms with van der Waals surface area (Å²) >= 11 is 0. The fraction of sp³-hybridized carbons (Fsp3) is 0.0455. The van der Waals surface area contributed by atoms with Crippen LogP contribution in [0.1, 0.15) is 5.56 Å². The Kier molecular flexibility index (Phi) is 5.26. The largest absolute Gasteiger partial charge is 0.457 e. The van der Waals surface area contributed by atoms with Gasteiger partial charge < -0.3 is 9.62 Å². The summed E-state index contributed by atoms with van der Waals surface area (Å²) < 4.78 is 34.2. The molecule has 0 aliphatic carbocycles. The third-order valence-electron chi connectivity index (χ3n) is 4.42. The SMILES string of the molecule is Cc1ccc(S(=O)(=O)Nc2cc(Oc3ccc(OO)cc3)cc3cccnc23)cc1. The van der Waals surface area contributed by atoms with Gasteiger partial charge in [-0.1, -0.05) is 23.8 Å². The van der Waals surface area contributed by atoms with E-state index in [4.69, 9.17) is 9.99 Å². The zero-order valence-corrected chi connectivity index (χ0v) is 16.8. The molecule has 0 atom stereocenters. The predicted molar refractivity (Wildman–Crippen MR) is 114 cm³/mol. The maximum Gasteiger partial charge on any atom is 0.261 e. The van der Waals surface area contributed by atoms with Gasteiger partial charge in [-0.3, -0.25) is 9.71 Å². The molecule has 0 spiro atoms. The Bertz CT molecular complexity index is 1290. The van der Waals surface area contributed by atoms with E-state index in [2.05, 4.69) is 14.6 Å². The summed E-state index contributed by atoms with van der Waals surface area (Å²) in [7, 11) is -3.81. The number of hydrogen-bond donors (Lipinski definition) is 2. The Balaban J connectivity index is 1.72. The maximum absolute atomic E-state index is 12.9. The normalized spacial score (nSPS) is 11.3. The second kappa shape index (κ2) is 8.02. The minimum Gasteiger partial charge on any atom is -0.457 e.